The van der Waals surface area contributed by atoms with E-state index in [1.54, 1.807) is 0 Å². The van der Waals surface area contributed by atoms with Crippen LogP contribution >= 0.6 is 0 Å². The number of morpholine rings is 1. The largest absolute Gasteiger partial charge is 0.390 e. The van der Waals surface area contributed by atoms with Crippen LogP contribution in [0.4, 0.5) is 13.2 Å². The summed E-state index contributed by atoms with van der Waals surface area (Å²) in [5, 5.41) is 5.63. The van der Waals surface area contributed by atoms with Crippen LogP contribution in [0, 0.1) is 0 Å². The molecular formula is C11H21F3N4O. The lowest BCUT2D eigenvalue weighted by Gasteiger charge is -2.26. The molecule has 0 aromatic rings. The topological polar surface area (TPSA) is 48.9 Å². The molecule has 0 radical (unpaired) electrons. The summed E-state index contributed by atoms with van der Waals surface area (Å²) < 4.78 is 41.2. The second-order valence-electron chi connectivity index (χ2n) is 4.24. The molecule has 0 bridgehead atoms. The minimum atomic E-state index is -4.14. The predicted octanol–water partition coefficient (Wildman–Crippen LogP) is 0.436. The van der Waals surface area contributed by atoms with Crippen molar-refractivity contribution in [2.24, 2.45) is 4.99 Å². The van der Waals surface area contributed by atoms with Crippen LogP contribution in [0.5, 0.6) is 0 Å². The quantitative estimate of drug-likeness (QED) is 0.567. The first-order chi connectivity index (χ1) is 9.01. The summed E-state index contributed by atoms with van der Waals surface area (Å²) in [6, 6.07) is 0. The van der Waals surface area contributed by atoms with Crippen LogP contribution in [0.1, 0.15) is 6.42 Å². The van der Waals surface area contributed by atoms with E-state index in [2.05, 4.69) is 20.5 Å². The number of nitrogens with one attached hydrogen (secondary N) is 2. The maximum absolute atomic E-state index is 12.0. The third-order valence-electron chi connectivity index (χ3n) is 2.75. The van der Waals surface area contributed by atoms with Crippen molar-refractivity contribution in [3.05, 3.63) is 0 Å². The molecule has 1 aliphatic heterocycles. The van der Waals surface area contributed by atoms with Gasteiger partial charge in [-0.25, -0.2) is 0 Å². The molecule has 112 valence electrons. The van der Waals surface area contributed by atoms with Crippen LogP contribution < -0.4 is 10.6 Å². The van der Waals surface area contributed by atoms with Gasteiger partial charge in [0.1, 0.15) is 0 Å². The summed E-state index contributed by atoms with van der Waals surface area (Å²) in [7, 11) is 1.54. The SMILES string of the molecule is CN=C(NCCN1CCOCC1)NCCC(F)(F)F. The van der Waals surface area contributed by atoms with E-state index in [0.717, 1.165) is 32.8 Å². The van der Waals surface area contributed by atoms with Gasteiger partial charge >= 0.3 is 6.18 Å². The van der Waals surface area contributed by atoms with E-state index < -0.39 is 12.6 Å². The van der Waals surface area contributed by atoms with Gasteiger partial charge in [0.15, 0.2) is 5.96 Å². The Bertz CT molecular complexity index is 278. The minimum absolute atomic E-state index is 0.166. The van der Waals surface area contributed by atoms with Gasteiger partial charge in [0, 0.05) is 39.8 Å². The monoisotopic (exact) mass is 282 g/mol. The Morgan fingerprint density at radius 3 is 2.42 bits per heavy atom. The lowest BCUT2D eigenvalue weighted by Crippen LogP contribution is -2.44. The molecule has 0 aromatic carbocycles. The number of alkyl halides is 3. The zero-order chi connectivity index (χ0) is 14.1. The van der Waals surface area contributed by atoms with Gasteiger partial charge in [-0.2, -0.15) is 13.2 Å². The van der Waals surface area contributed by atoms with E-state index in [1.165, 1.54) is 7.05 Å². The fourth-order valence-electron chi connectivity index (χ4n) is 1.70. The van der Waals surface area contributed by atoms with Gasteiger partial charge in [-0.3, -0.25) is 9.89 Å². The summed E-state index contributed by atoms with van der Waals surface area (Å²) in [5.74, 6) is 0.400. The van der Waals surface area contributed by atoms with Crippen molar-refractivity contribution in [3.8, 4) is 0 Å². The maximum atomic E-state index is 12.0. The van der Waals surface area contributed by atoms with E-state index in [9.17, 15) is 13.2 Å². The number of nitrogens with zero attached hydrogens (tertiary/aromatic N) is 2. The van der Waals surface area contributed by atoms with Crippen molar-refractivity contribution in [2.75, 3.05) is 53.0 Å². The molecule has 1 heterocycles. The third-order valence-corrected chi connectivity index (χ3v) is 2.75. The van der Waals surface area contributed by atoms with Gasteiger partial charge < -0.3 is 15.4 Å². The van der Waals surface area contributed by atoms with Crippen molar-refractivity contribution in [3.63, 3.8) is 0 Å². The molecular weight excluding hydrogens is 261 g/mol. The zero-order valence-corrected chi connectivity index (χ0v) is 11.1. The fourth-order valence-corrected chi connectivity index (χ4v) is 1.70. The Kier molecular flexibility index (Phi) is 6.93. The second kappa shape index (κ2) is 8.21. The highest BCUT2D eigenvalue weighted by Crippen LogP contribution is 2.17. The van der Waals surface area contributed by atoms with Gasteiger partial charge in [-0.15, -0.1) is 0 Å². The summed E-state index contributed by atoms with van der Waals surface area (Å²) in [4.78, 5) is 6.11. The molecule has 2 N–H and O–H groups in total. The summed E-state index contributed by atoms with van der Waals surface area (Å²) >= 11 is 0. The number of ether oxygens (including phenoxy) is 1. The molecule has 5 nitrogen and oxygen atoms in total. The lowest BCUT2D eigenvalue weighted by molar-refractivity contribution is -0.132. The minimum Gasteiger partial charge on any atom is -0.379 e. The number of halogens is 3. The van der Waals surface area contributed by atoms with Crippen LogP contribution in [0.25, 0.3) is 0 Å². The Balaban J connectivity index is 2.11. The molecule has 0 atom stereocenters. The maximum Gasteiger partial charge on any atom is 0.390 e. The standard InChI is InChI=1S/C11H21F3N4O/c1-15-10(16-3-2-11(12,13)14)17-4-5-18-6-8-19-9-7-18/h2-9H2,1H3,(H2,15,16,17). The van der Waals surface area contributed by atoms with Crippen molar-refractivity contribution in [1.29, 1.82) is 0 Å². The predicted molar refractivity (Wildman–Crippen MR) is 67.3 cm³/mol. The first kappa shape index (κ1) is 16.0. The van der Waals surface area contributed by atoms with Crippen LogP contribution in [0.2, 0.25) is 0 Å². The zero-order valence-electron chi connectivity index (χ0n) is 11.1. The summed E-state index contributed by atoms with van der Waals surface area (Å²) in [5.41, 5.74) is 0. The molecule has 8 heteroatoms. The van der Waals surface area contributed by atoms with Gasteiger partial charge in [0.05, 0.1) is 19.6 Å². The van der Waals surface area contributed by atoms with E-state index in [4.69, 9.17) is 4.74 Å². The molecule has 1 fully saturated rings. The molecule has 0 amide bonds. The molecule has 1 aliphatic rings. The van der Waals surface area contributed by atoms with Crippen LogP contribution in [0.3, 0.4) is 0 Å². The van der Waals surface area contributed by atoms with Gasteiger partial charge in [-0.05, 0) is 0 Å². The third kappa shape index (κ3) is 7.89. The van der Waals surface area contributed by atoms with Crippen molar-refractivity contribution >= 4 is 5.96 Å². The lowest BCUT2D eigenvalue weighted by atomic mass is 10.4. The van der Waals surface area contributed by atoms with E-state index in [0.29, 0.717) is 12.5 Å². The summed E-state index contributed by atoms with van der Waals surface area (Å²) in [6.45, 7) is 4.55. The number of guanidine groups is 1. The number of rotatable bonds is 5. The van der Waals surface area contributed by atoms with Gasteiger partial charge in [0.2, 0.25) is 0 Å². The summed E-state index contributed by atoms with van der Waals surface area (Å²) in [6.07, 6.45) is -5.00. The number of hydrogen-bond acceptors (Lipinski definition) is 3. The van der Waals surface area contributed by atoms with Crippen LogP contribution in [0.15, 0.2) is 4.99 Å². The average molecular weight is 282 g/mol. The molecule has 1 rings (SSSR count). The molecule has 0 unspecified atom stereocenters. The van der Waals surface area contributed by atoms with Crippen LogP contribution in [-0.4, -0.2) is 70.0 Å². The highest BCUT2D eigenvalue weighted by Gasteiger charge is 2.26. The molecule has 19 heavy (non-hydrogen) atoms. The Morgan fingerprint density at radius 1 is 1.21 bits per heavy atom. The Labute approximate surface area is 111 Å². The normalized spacial score (nSPS) is 18.4. The number of aliphatic imine (C=N–C) groups is 1. The second-order valence-corrected chi connectivity index (χ2v) is 4.24. The molecule has 0 spiro atoms. The van der Waals surface area contributed by atoms with E-state index in [1.807, 2.05) is 0 Å². The van der Waals surface area contributed by atoms with E-state index >= 15 is 0 Å². The Morgan fingerprint density at radius 2 is 1.84 bits per heavy atom. The highest BCUT2D eigenvalue weighted by molar-refractivity contribution is 5.79. The van der Waals surface area contributed by atoms with E-state index in [-0.39, 0.29) is 6.54 Å². The molecule has 1 saturated heterocycles. The smallest absolute Gasteiger partial charge is 0.379 e. The first-order valence-corrected chi connectivity index (χ1v) is 6.32. The molecule has 0 aliphatic carbocycles. The Hall–Kier alpha value is -1.02. The molecule has 0 saturated carbocycles. The van der Waals surface area contributed by atoms with Crippen molar-refractivity contribution < 1.29 is 17.9 Å². The van der Waals surface area contributed by atoms with Gasteiger partial charge in [0.25, 0.3) is 0 Å². The number of hydrogen-bond donors (Lipinski definition) is 2. The van der Waals surface area contributed by atoms with Crippen LogP contribution in [-0.2, 0) is 4.74 Å². The van der Waals surface area contributed by atoms with Crippen molar-refractivity contribution in [2.45, 2.75) is 12.6 Å². The average Bonchev–Trinajstić information content (AvgIpc) is 2.37. The highest BCUT2D eigenvalue weighted by atomic mass is 19.4. The molecule has 0 aromatic heterocycles. The first-order valence-electron chi connectivity index (χ1n) is 6.32. The fraction of sp³-hybridized carbons (Fsp3) is 0.909. The van der Waals surface area contributed by atoms with Crippen molar-refractivity contribution in [1.82, 2.24) is 15.5 Å². The van der Waals surface area contributed by atoms with Gasteiger partial charge in [-0.1, -0.05) is 0 Å².